The van der Waals surface area contributed by atoms with Gasteiger partial charge in [0.05, 0.1) is 11.4 Å². The third kappa shape index (κ3) is 2.39. The maximum Gasteiger partial charge on any atom is 0.195 e. The molecule has 0 radical (unpaired) electrons. The highest BCUT2D eigenvalue weighted by molar-refractivity contribution is 6.21. The van der Waals surface area contributed by atoms with Crippen LogP contribution in [-0.4, -0.2) is 21.5 Å². The molecule has 0 saturated carbocycles. The first-order chi connectivity index (χ1) is 13.8. The second-order valence-corrected chi connectivity index (χ2v) is 6.55. The predicted molar refractivity (Wildman–Crippen MR) is 106 cm³/mol. The molecule has 4 nitrogen and oxygen atoms in total. The van der Waals surface area contributed by atoms with Gasteiger partial charge in [-0.3, -0.25) is 19.6 Å². The first kappa shape index (κ1) is 16.3. The van der Waals surface area contributed by atoms with Crippen LogP contribution >= 0.6 is 0 Å². The monoisotopic (exact) mass is 362 g/mol. The van der Waals surface area contributed by atoms with E-state index in [1.54, 1.807) is 24.5 Å². The van der Waals surface area contributed by atoms with Crippen LogP contribution in [0.1, 0.15) is 31.8 Å². The van der Waals surface area contributed by atoms with E-state index >= 15 is 0 Å². The van der Waals surface area contributed by atoms with Crippen molar-refractivity contribution >= 4 is 11.6 Å². The van der Waals surface area contributed by atoms with Crippen LogP contribution < -0.4 is 0 Å². The van der Waals surface area contributed by atoms with Crippen molar-refractivity contribution in [1.82, 2.24) is 9.97 Å². The van der Waals surface area contributed by atoms with Gasteiger partial charge < -0.3 is 0 Å². The molecule has 0 unspecified atom stereocenters. The van der Waals surface area contributed by atoms with E-state index < -0.39 is 0 Å². The van der Waals surface area contributed by atoms with Crippen molar-refractivity contribution in [2.75, 3.05) is 0 Å². The highest BCUT2D eigenvalue weighted by Crippen LogP contribution is 2.34. The number of fused-ring (bicyclic) bond motifs is 6. The minimum atomic E-state index is 0.0868. The number of carbonyl (C=O) groups excluding carboxylic acids is 2. The Labute approximate surface area is 161 Å². The third-order valence-corrected chi connectivity index (χ3v) is 4.96. The molecule has 0 bridgehead atoms. The predicted octanol–water partition coefficient (Wildman–Crippen LogP) is 4.59. The van der Waals surface area contributed by atoms with Crippen LogP contribution in [-0.2, 0) is 0 Å². The SMILES string of the molecule is O=C1c2ccccc2-c2ncccc21.O=C1c2ccccc2-c2ncccc21. The Morgan fingerprint density at radius 2 is 0.786 bits per heavy atom. The summed E-state index contributed by atoms with van der Waals surface area (Å²) in [7, 11) is 0. The summed E-state index contributed by atoms with van der Waals surface area (Å²) in [6.45, 7) is 0. The van der Waals surface area contributed by atoms with E-state index in [0.29, 0.717) is 11.1 Å². The van der Waals surface area contributed by atoms with Crippen LogP contribution in [0.4, 0.5) is 0 Å². The van der Waals surface area contributed by atoms with Crippen LogP contribution in [0, 0.1) is 0 Å². The smallest absolute Gasteiger partial charge is 0.195 e. The van der Waals surface area contributed by atoms with Crippen molar-refractivity contribution in [3.63, 3.8) is 0 Å². The zero-order chi connectivity index (χ0) is 19.1. The van der Waals surface area contributed by atoms with E-state index in [2.05, 4.69) is 9.97 Å². The van der Waals surface area contributed by atoms with Gasteiger partial charge in [-0.15, -0.1) is 0 Å². The Morgan fingerprint density at radius 3 is 1.21 bits per heavy atom. The minimum Gasteiger partial charge on any atom is -0.289 e. The van der Waals surface area contributed by atoms with Gasteiger partial charge in [0.15, 0.2) is 11.6 Å². The quantitative estimate of drug-likeness (QED) is 0.397. The molecule has 132 valence electrons. The lowest BCUT2D eigenvalue weighted by molar-refractivity contribution is 0.103. The second-order valence-electron chi connectivity index (χ2n) is 6.55. The van der Waals surface area contributed by atoms with Crippen molar-refractivity contribution in [3.8, 4) is 22.5 Å². The first-order valence-electron chi connectivity index (χ1n) is 8.94. The number of hydrogen-bond donors (Lipinski definition) is 0. The highest BCUT2D eigenvalue weighted by Gasteiger charge is 2.27. The second kappa shape index (κ2) is 6.35. The number of pyridine rings is 2. The average molecular weight is 362 g/mol. The highest BCUT2D eigenvalue weighted by atomic mass is 16.1. The summed E-state index contributed by atoms with van der Waals surface area (Å²) < 4.78 is 0. The lowest BCUT2D eigenvalue weighted by atomic mass is 10.1. The van der Waals surface area contributed by atoms with Crippen LogP contribution in [0.3, 0.4) is 0 Å². The zero-order valence-corrected chi connectivity index (χ0v) is 14.8. The minimum absolute atomic E-state index is 0.0868. The van der Waals surface area contributed by atoms with Gasteiger partial charge >= 0.3 is 0 Å². The molecule has 0 spiro atoms. The van der Waals surface area contributed by atoms with Crippen LogP contribution in [0.25, 0.3) is 22.5 Å². The van der Waals surface area contributed by atoms with Crippen molar-refractivity contribution in [3.05, 3.63) is 107 Å². The number of hydrogen-bond acceptors (Lipinski definition) is 4. The average Bonchev–Trinajstić information content (AvgIpc) is 3.22. The van der Waals surface area contributed by atoms with Gasteiger partial charge in [-0.05, 0) is 24.3 Å². The van der Waals surface area contributed by atoms with Gasteiger partial charge in [-0.1, -0.05) is 48.5 Å². The van der Waals surface area contributed by atoms with Gasteiger partial charge in [-0.2, -0.15) is 0 Å². The number of rotatable bonds is 0. The molecular weight excluding hydrogens is 348 g/mol. The summed E-state index contributed by atoms with van der Waals surface area (Å²) in [4.78, 5) is 32.2. The molecule has 2 aromatic heterocycles. The number of carbonyl (C=O) groups is 2. The van der Waals surface area contributed by atoms with Gasteiger partial charge in [0, 0.05) is 45.8 Å². The number of aromatic nitrogens is 2. The van der Waals surface area contributed by atoms with E-state index in [0.717, 1.165) is 33.6 Å². The molecule has 4 aromatic rings. The maximum absolute atomic E-state index is 11.8. The van der Waals surface area contributed by atoms with Crippen molar-refractivity contribution in [2.45, 2.75) is 0 Å². The molecule has 0 saturated heterocycles. The largest absolute Gasteiger partial charge is 0.289 e. The molecule has 2 aliphatic carbocycles. The summed E-state index contributed by atoms with van der Waals surface area (Å²) in [5.41, 5.74) is 6.49. The van der Waals surface area contributed by atoms with E-state index in [9.17, 15) is 9.59 Å². The topological polar surface area (TPSA) is 59.9 Å². The zero-order valence-electron chi connectivity index (χ0n) is 14.8. The lowest BCUT2D eigenvalue weighted by Crippen LogP contribution is -1.94. The molecule has 28 heavy (non-hydrogen) atoms. The summed E-state index contributed by atoms with van der Waals surface area (Å²) in [5.74, 6) is 0.174. The molecular formula is C24H14N2O2. The Balaban J connectivity index is 0.000000122. The molecule has 4 heteroatoms. The first-order valence-corrected chi connectivity index (χ1v) is 8.94. The molecule has 6 rings (SSSR count). The van der Waals surface area contributed by atoms with Crippen molar-refractivity contribution in [2.24, 2.45) is 0 Å². The molecule has 2 aromatic carbocycles. The van der Waals surface area contributed by atoms with Gasteiger partial charge in [0.2, 0.25) is 0 Å². The summed E-state index contributed by atoms with van der Waals surface area (Å²) in [5, 5.41) is 0. The Hall–Kier alpha value is -3.92. The summed E-state index contributed by atoms with van der Waals surface area (Å²) in [6.07, 6.45) is 3.43. The fraction of sp³-hybridized carbons (Fsp3) is 0. The Kier molecular flexibility index (Phi) is 3.69. The third-order valence-electron chi connectivity index (χ3n) is 4.96. The Morgan fingerprint density at radius 1 is 0.429 bits per heavy atom. The standard InChI is InChI=1S/2C12H7NO/c2*14-12-9-5-2-1-4-8(9)11-10(12)6-3-7-13-11/h2*1-7H. The van der Waals surface area contributed by atoms with Gasteiger partial charge in [0.1, 0.15) is 0 Å². The van der Waals surface area contributed by atoms with Gasteiger partial charge in [0.25, 0.3) is 0 Å². The molecule has 0 N–H and O–H groups in total. The molecule has 0 fully saturated rings. The van der Waals surface area contributed by atoms with E-state index in [1.165, 1.54) is 0 Å². The van der Waals surface area contributed by atoms with Crippen LogP contribution in [0.2, 0.25) is 0 Å². The Bertz CT molecular complexity index is 1070. The van der Waals surface area contributed by atoms with E-state index in [4.69, 9.17) is 0 Å². The number of benzene rings is 2. The maximum atomic E-state index is 11.8. The normalized spacial score (nSPS) is 12.4. The van der Waals surface area contributed by atoms with E-state index in [-0.39, 0.29) is 11.6 Å². The lowest BCUT2D eigenvalue weighted by Gasteiger charge is -1.95. The van der Waals surface area contributed by atoms with E-state index in [1.807, 2.05) is 60.7 Å². The fourth-order valence-corrected chi connectivity index (χ4v) is 3.67. The molecule has 2 aliphatic rings. The fourth-order valence-electron chi connectivity index (χ4n) is 3.67. The molecule has 0 atom stereocenters. The van der Waals surface area contributed by atoms with Crippen molar-refractivity contribution < 1.29 is 9.59 Å². The molecule has 0 aliphatic heterocycles. The molecule has 0 amide bonds. The van der Waals surface area contributed by atoms with Crippen LogP contribution in [0.5, 0.6) is 0 Å². The van der Waals surface area contributed by atoms with Crippen LogP contribution in [0.15, 0.2) is 85.2 Å². The molecule has 2 heterocycles. The number of nitrogens with zero attached hydrogens (tertiary/aromatic N) is 2. The van der Waals surface area contributed by atoms with Crippen molar-refractivity contribution in [1.29, 1.82) is 0 Å². The summed E-state index contributed by atoms with van der Waals surface area (Å²) >= 11 is 0. The number of ketones is 2. The summed E-state index contributed by atoms with van der Waals surface area (Å²) in [6, 6.07) is 22.4. The van der Waals surface area contributed by atoms with Gasteiger partial charge in [-0.25, -0.2) is 0 Å².